The lowest BCUT2D eigenvalue weighted by molar-refractivity contribution is -0.129. The number of amides is 1. The van der Waals surface area contributed by atoms with Crippen LogP contribution in [0.25, 0.3) is 0 Å². The quantitative estimate of drug-likeness (QED) is 0.653. The summed E-state index contributed by atoms with van der Waals surface area (Å²) in [6.07, 6.45) is 6.97. The Morgan fingerprint density at radius 2 is 1.81 bits per heavy atom. The fourth-order valence-corrected chi connectivity index (χ4v) is 5.31. The van der Waals surface area contributed by atoms with E-state index in [-0.39, 0.29) is 23.9 Å². The van der Waals surface area contributed by atoms with Crippen molar-refractivity contribution < 1.29 is 13.9 Å². The monoisotopic (exact) mass is 448 g/mol. The highest BCUT2D eigenvalue weighted by molar-refractivity contribution is 7.80. The fourth-order valence-electron chi connectivity index (χ4n) is 5.01. The maximum absolute atomic E-state index is 13.2. The summed E-state index contributed by atoms with van der Waals surface area (Å²) in [5.41, 5.74) is 0.783. The highest BCUT2D eigenvalue weighted by Gasteiger charge is 2.37. The molecule has 1 amide bonds. The van der Waals surface area contributed by atoms with E-state index in [4.69, 9.17) is 17.0 Å². The van der Waals surface area contributed by atoms with Crippen LogP contribution in [0, 0.1) is 11.7 Å². The molecule has 0 unspecified atom stereocenters. The Balaban J connectivity index is 1.31. The van der Waals surface area contributed by atoms with Gasteiger partial charge in [-0.05, 0) is 68.1 Å². The van der Waals surface area contributed by atoms with Gasteiger partial charge in [0.2, 0.25) is 5.91 Å². The van der Waals surface area contributed by atoms with Crippen LogP contribution in [0.5, 0.6) is 0 Å². The van der Waals surface area contributed by atoms with Crippen LogP contribution in [0.15, 0.2) is 24.3 Å². The summed E-state index contributed by atoms with van der Waals surface area (Å²) in [7, 11) is 0. The van der Waals surface area contributed by atoms with Gasteiger partial charge in [-0.3, -0.25) is 9.69 Å². The number of thiocarbonyl (C=S) groups is 1. The highest BCUT2D eigenvalue weighted by atomic mass is 32.1. The minimum atomic E-state index is -0.263. The van der Waals surface area contributed by atoms with Crippen molar-refractivity contribution in [2.45, 2.75) is 50.7 Å². The van der Waals surface area contributed by atoms with E-state index >= 15 is 0 Å². The van der Waals surface area contributed by atoms with Gasteiger partial charge in [-0.15, -0.1) is 0 Å². The van der Waals surface area contributed by atoms with Crippen LogP contribution in [0.3, 0.4) is 0 Å². The lowest BCUT2D eigenvalue weighted by Gasteiger charge is -2.41. The van der Waals surface area contributed by atoms with Gasteiger partial charge in [0.05, 0.1) is 12.1 Å². The van der Waals surface area contributed by atoms with E-state index < -0.39 is 0 Å². The van der Waals surface area contributed by atoms with E-state index in [9.17, 15) is 9.18 Å². The number of ether oxygens (including phenoxy) is 1. The van der Waals surface area contributed by atoms with Crippen molar-refractivity contribution >= 4 is 28.9 Å². The van der Waals surface area contributed by atoms with Crippen LogP contribution < -0.4 is 10.6 Å². The van der Waals surface area contributed by atoms with Crippen molar-refractivity contribution in [1.82, 2.24) is 15.1 Å². The molecule has 31 heavy (non-hydrogen) atoms. The second kappa shape index (κ2) is 10.7. The molecule has 0 spiro atoms. The summed E-state index contributed by atoms with van der Waals surface area (Å²) in [5.74, 6) is 0.323. The third-order valence-corrected chi connectivity index (χ3v) is 7.09. The van der Waals surface area contributed by atoms with Crippen LogP contribution in [0.2, 0.25) is 0 Å². The van der Waals surface area contributed by atoms with Crippen LogP contribution in [0.4, 0.5) is 10.1 Å². The van der Waals surface area contributed by atoms with E-state index in [1.54, 1.807) is 12.1 Å². The lowest BCUT2D eigenvalue weighted by atomic mass is 9.95. The molecule has 6 nitrogen and oxygen atoms in total. The smallest absolute Gasteiger partial charge is 0.237 e. The Labute approximate surface area is 189 Å². The lowest BCUT2D eigenvalue weighted by Crippen LogP contribution is -2.58. The predicted octanol–water partition coefficient (Wildman–Crippen LogP) is 2.99. The van der Waals surface area contributed by atoms with E-state index in [0.717, 1.165) is 64.2 Å². The molecule has 0 bridgehead atoms. The zero-order valence-corrected chi connectivity index (χ0v) is 18.8. The van der Waals surface area contributed by atoms with E-state index in [1.165, 1.54) is 25.0 Å². The van der Waals surface area contributed by atoms with Crippen molar-refractivity contribution in [2.24, 2.45) is 5.92 Å². The van der Waals surface area contributed by atoms with Gasteiger partial charge in [0.25, 0.3) is 0 Å². The Hall–Kier alpha value is -1.77. The Kier molecular flexibility index (Phi) is 7.74. The van der Waals surface area contributed by atoms with Crippen molar-refractivity contribution in [3.05, 3.63) is 30.1 Å². The molecule has 2 saturated heterocycles. The van der Waals surface area contributed by atoms with Crippen LogP contribution in [-0.2, 0) is 9.53 Å². The first-order chi connectivity index (χ1) is 15.1. The number of hydrogen-bond donors (Lipinski definition) is 2. The zero-order valence-electron chi connectivity index (χ0n) is 18.0. The molecule has 3 aliphatic rings. The molecule has 1 aromatic carbocycles. The molecule has 2 N–H and O–H groups in total. The van der Waals surface area contributed by atoms with Crippen molar-refractivity contribution in [1.29, 1.82) is 0 Å². The summed E-state index contributed by atoms with van der Waals surface area (Å²) >= 11 is 5.56. The van der Waals surface area contributed by atoms with Gasteiger partial charge in [0.15, 0.2) is 5.11 Å². The van der Waals surface area contributed by atoms with Gasteiger partial charge >= 0.3 is 0 Å². The zero-order chi connectivity index (χ0) is 21.6. The molecule has 1 aromatic rings. The molecule has 4 rings (SSSR count). The number of piperazine rings is 1. The fraction of sp³-hybridized carbons (Fsp3) is 0.652. The number of halogens is 1. The average molecular weight is 449 g/mol. The summed E-state index contributed by atoms with van der Waals surface area (Å²) in [6, 6.07) is 6.15. The largest absolute Gasteiger partial charge is 0.376 e. The van der Waals surface area contributed by atoms with Crippen LogP contribution >= 0.6 is 12.2 Å². The predicted molar refractivity (Wildman–Crippen MR) is 123 cm³/mol. The number of anilines is 1. The summed E-state index contributed by atoms with van der Waals surface area (Å²) < 4.78 is 18.8. The Bertz CT molecular complexity index is 742. The van der Waals surface area contributed by atoms with Gasteiger partial charge in [-0.25, -0.2) is 4.39 Å². The van der Waals surface area contributed by atoms with Crippen LogP contribution in [-0.4, -0.2) is 72.3 Å². The molecule has 3 fully saturated rings. The second-order valence-electron chi connectivity index (χ2n) is 8.83. The Morgan fingerprint density at radius 1 is 1.10 bits per heavy atom. The minimum absolute atomic E-state index is 0.0651. The molecular weight excluding hydrogens is 415 g/mol. The van der Waals surface area contributed by atoms with Crippen molar-refractivity contribution in [3.63, 3.8) is 0 Å². The maximum Gasteiger partial charge on any atom is 0.237 e. The number of carbonyl (C=O) groups excluding carboxylic acids is 1. The topological polar surface area (TPSA) is 56.8 Å². The highest BCUT2D eigenvalue weighted by Crippen LogP contribution is 2.31. The standard InChI is InChI=1S/C23H33FN4O2S/c24-18-7-9-19(10-8-18)26-23(31)28-13-11-27(12-14-28)21(17-4-1-2-5-17)22(29)25-16-20-6-3-15-30-20/h7-10,17,20-21H,1-6,11-16H2,(H,25,29)(H,26,31)/t20-,21+/m1/s1. The molecule has 170 valence electrons. The average Bonchev–Trinajstić information content (AvgIpc) is 3.49. The second-order valence-corrected chi connectivity index (χ2v) is 9.22. The van der Waals surface area contributed by atoms with Gasteiger partial charge in [0.1, 0.15) is 5.82 Å². The van der Waals surface area contributed by atoms with Gasteiger partial charge in [-0.1, -0.05) is 12.8 Å². The molecule has 2 heterocycles. The maximum atomic E-state index is 13.2. The molecule has 1 aliphatic carbocycles. The number of benzene rings is 1. The van der Waals surface area contributed by atoms with Gasteiger partial charge in [0, 0.05) is 45.0 Å². The number of rotatable bonds is 6. The summed E-state index contributed by atoms with van der Waals surface area (Å²) in [4.78, 5) is 17.7. The number of carbonyl (C=O) groups is 1. The summed E-state index contributed by atoms with van der Waals surface area (Å²) in [6.45, 7) is 4.58. The first-order valence-electron chi connectivity index (χ1n) is 11.5. The SMILES string of the molecule is O=C(NC[C@H]1CCCO1)[C@H](C1CCCC1)N1CCN(C(=S)Nc2ccc(F)cc2)CC1. The molecule has 2 aliphatic heterocycles. The third kappa shape index (κ3) is 5.93. The van der Waals surface area contributed by atoms with E-state index in [1.807, 2.05) is 0 Å². The summed E-state index contributed by atoms with van der Waals surface area (Å²) in [5, 5.41) is 7.02. The van der Waals surface area contributed by atoms with E-state index in [0.29, 0.717) is 17.6 Å². The first-order valence-corrected chi connectivity index (χ1v) is 12.0. The molecule has 1 saturated carbocycles. The minimum Gasteiger partial charge on any atom is -0.376 e. The third-order valence-electron chi connectivity index (χ3n) is 6.73. The van der Waals surface area contributed by atoms with Gasteiger partial charge < -0.3 is 20.3 Å². The molecule has 2 atom stereocenters. The number of hydrogen-bond acceptors (Lipinski definition) is 4. The van der Waals surface area contributed by atoms with Crippen LogP contribution in [0.1, 0.15) is 38.5 Å². The van der Waals surface area contributed by atoms with Crippen molar-refractivity contribution in [2.75, 3.05) is 44.6 Å². The van der Waals surface area contributed by atoms with Crippen molar-refractivity contribution in [3.8, 4) is 0 Å². The van der Waals surface area contributed by atoms with Gasteiger partial charge in [-0.2, -0.15) is 0 Å². The molecular formula is C23H33FN4O2S. The molecule has 0 aromatic heterocycles. The first kappa shape index (κ1) is 22.4. The molecule has 0 radical (unpaired) electrons. The Morgan fingerprint density at radius 3 is 2.45 bits per heavy atom. The molecule has 8 heteroatoms. The number of nitrogens with one attached hydrogen (secondary N) is 2. The number of nitrogens with zero attached hydrogens (tertiary/aromatic N) is 2. The normalized spacial score (nSPS) is 23.6. The van der Waals surface area contributed by atoms with E-state index in [2.05, 4.69) is 20.4 Å².